The van der Waals surface area contributed by atoms with Gasteiger partial charge in [-0.1, -0.05) is 61.0 Å². The highest BCUT2D eigenvalue weighted by Crippen LogP contribution is 2.15. The summed E-state index contributed by atoms with van der Waals surface area (Å²) in [5.41, 5.74) is 1.67. The molecule has 2 aromatic rings. The Kier molecular flexibility index (Phi) is 8.27. The number of amides is 2. The van der Waals surface area contributed by atoms with Crippen LogP contribution in [0.4, 0.5) is 0 Å². The topological polar surface area (TPSA) is 49.4 Å². The van der Waals surface area contributed by atoms with Crippen molar-refractivity contribution < 1.29 is 9.59 Å². The average Bonchev–Trinajstić information content (AvgIpc) is 2.66. The van der Waals surface area contributed by atoms with Gasteiger partial charge in [-0.2, -0.15) is 0 Å². The van der Waals surface area contributed by atoms with E-state index >= 15 is 0 Å². The summed E-state index contributed by atoms with van der Waals surface area (Å²) in [6.45, 7) is 8.27. The molecule has 0 radical (unpaired) electrons. The summed E-state index contributed by atoms with van der Waals surface area (Å²) in [5, 5.41) is 3.66. The number of carbonyl (C=O) groups is 2. The third-order valence-corrected chi connectivity index (χ3v) is 4.89. The Morgan fingerprint density at radius 1 is 1.00 bits per heavy atom. The first-order valence-electron chi connectivity index (χ1n) is 10.1. The van der Waals surface area contributed by atoms with E-state index in [1.54, 1.807) is 17.0 Å². The predicted molar refractivity (Wildman–Crippen MR) is 119 cm³/mol. The summed E-state index contributed by atoms with van der Waals surface area (Å²) >= 11 is 5.96. The molecule has 0 aliphatic heterocycles. The summed E-state index contributed by atoms with van der Waals surface area (Å²) in [6.07, 6.45) is 1.50. The zero-order valence-corrected chi connectivity index (χ0v) is 18.5. The lowest BCUT2D eigenvalue weighted by Gasteiger charge is -2.33. The summed E-state index contributed by atoms with van der Waals surface area (Å²) < 4.78 is 0. The molecule has 0 spiro atoms. The molecule has 0 heterocycles. The number of carbonyl (C=O) groups excluding carboxylic acids is 2. The van der Waals surface area contributed by atoms with Gasteiger partial charge in [0, 0.05) is 17.1 Å². The van der Waals surface area contributed by atoms with Crippen LogP contribution >= 0.6 is 11.6 Å². The van der Waals surface area contributed by atoms with Gasteiger partial charge < -0.3 is 10.2 Å². The number of rotatable bonds is 8. The SMILES string of the molecule is CCC(C(=O)NC(C)(C)C)N(CCc1ccccc1)C(=O)Cc1ccc(Cl)cc1. The first-order valence-corrected chi connectivity index (χ1v) is 10.5. The van der Waals surface area contributed by atoms with Crippen molar-refractivity contribution in [3.63, 3.8) is 0 Å². The van der Waals surface area contributed by atoms with E-state index in [0.29, 0.717) is 24.4 Å². The van der Waals surface area contributed by atoms with Gasteiger partial charge in [0.25, 0.3) is 0 Å². The normalized spacial score (nSPS) is 12.3. The molecule has 2 rings (SSSR count). The molecule has 29 heavy (non-hydrogen) atoms. The van der Waals surface area contributed by atoms with E-state index in [4.69, 9.17) is 11.6 Å². The molecule has 1 unspecified atom stereocenters. The summed E-state index contributed by atoms with van der Waals surface area (Å²) in [5.74, 6) is -0.170. The molecule has 4 nitrogen and oxygen atoms in total. The van der Waals surface area contributed by atoms with Crippen LogP contribution in [0.15, 0.2) is 54.6 Å². The van der Waals surface area contributed by atoms with E-state index in [1.165, 1.54) is 0 Å². The highest BCUT2D eigenvalue weighted by Gasteiger charge is 2.30. The molecule has 0 saturated carbocycles. The maximum atomic E-state index is 13.2. The Morgan fingerprint density at radius 3 is 2.17 bits per heavy atom. The molecule has 2 amide bonds. The number of hydrogen-bond acceptors (Lipinski definition) is 2. The van der Waals surface area contributed by atoms with Gasteiger partial charge in [-0.3, -0.25) is 9.59 Å². The van der Waals surface area contributed by atoms with Crippen LogP contribution in [0.5, 0.6) is 0 Å². The molecule has 2 aromatic carbocycles. The van der Waals surface area contributed by atoms with Crippen molar-refractivity contribution in [2.75, 3.05) is 6.54 Å². The monoisotopic (exact) mass is 414 g/mol. The first kappa shape index (κ1) is 23.0. The fourth-order valence-electron chi connectivity index (χ4n) is 3.23. The van der Waals surface area contributed by atoms with Crippen LogP contribution in [0, 0.1) is 0 Å². The zero-order valence-electron chi connectivity index (χ0n) is 17.7. The molecule has 0 aliphatic carbocycles. The minimum atomic E-state index is -0.502. The van der Waals surface area contributed by atoms with Gasteiger partial charge in [0.15, 0.2) is 0 Å². The Labute approximate surface area is 179 Å². The van der Waals surface area contributed by atoms with Crippen LogP contribution < -0.4 is 5.32 Å². The average molecular weight is 415 g/mol. The maximum absolute atomic E-state index is 13.2. The van der Waals surface area contributed by atoms with E-state index < -0.39 is 6.04 Å². The Balaban J connectivity index is 2.21. The number of nitrogens with zero attached hydrogens (tertiary/aromatic N) is 1. The fourth-order valence-corrected chi connectivity index (χ4v) is 3.35. The largest absolute Gasteiger partial charge is 0.350 e. The molecule has 5 heteroatoms. The van der Waals surface area contributed by atoms with E-state index in [9.17, 15) is 9.59 Å². The van der Waals surface area contributed by atoms with Gasteiger partial charge in [0.05, 0.1) is 6.42 Å². The van der Waals surface area contributed by atoms with Crippen LogP contribution in [-0.4, -0.2) is 34.8 Å². The highest BCUT2D eigenvalue weighted by atomic mass is 35.5. The third kappa shape index (κ3) is 7.54. The van der Waals surface area contributed by atoms with Crippen molar-refractivity contribution in [3.8, 4) is 0 Å². The Morgan fingerprint density at radius 2 is 1.62 bits per heavy atom. The van der Waals surface area contributed by atoms with Crippen LogP contribution in [0.1, 0.15) is 45.2 Å². The fraction of sp³-hybridized carbons (Fsp3) is 0.417. The van der Waals surface area contributed by atoms with Gasteiger partial charge in [0.1, 0.15) is 6.04 Å². The standard InChI is InChI=1S/C24H31ClN2O2/c1-5-21(23(29)26-24(2,3)4)27(16-15-18-9-7-6-8-10-18)22(28)17-19-11-13-20(25)14-12-19/h6-14,21H,5,15-17H2,1-4H3,(H,26,29). The van der Waals surface area contributed by atoms with Crippen molar-refractivity contribution in [1.82, 2.24) is 10.2 Å². The van der Waals surface area contributed by atoms with E-state index in [1.807, 2.05) is 70.2 Å². The molecule has 1 N–H and O–H groups in total. The number of nitrogens with one attached hydrogen (secondary N) is 1. The second-order valence-electron chi connectivity index (χ2n) is 8.29. The summed E-state index contributed by atoms with van der Waals surface area (Å²) in [6, 6.07) is 16.8. The number of benzene rings is 2. The number of halogens is 1. The molecule has 1 atom stereocenters. The zero-order chi connectivity index (χ0) is 21.4. The van der Waals surface area contributed by atoms with Crippen LogP contribution in [0.25, 0.3) is 0 Å². The van der Waals surface area contributed by atoms with Crippen LogP contribution in [0.3, 0.4) is 0 Å². The molecule has 0 fully saturated rings. The lowest BCUT2D eigenvalue weighted by atomic mass is 10.0. The van der Waals surface area contributed by atoms with E-state index in [0.717, 1.165) is 11.1 Å². The minimum absolute atomic E-state index is 0.0563. The van der Waals surface area contributed by atoms with Gasteiger partial charge in [-0.05, 0) is 56.9 Å². The molecule has 0 aliphatic rings. The quantitative estimate of drug-likeness (QED) is 0.683. The maximum Gasteiger partial charge on any atom is 0.243 e. The Bertz CT molecular complexity index is 798. The minimum Gasteiger partial charge on any atom is -0.350 e. The first-order chi connectivity index (χ1) is 13.7. The molecule has 0 saturated heterocycles. The highest BCUT2D eigenvalue weighted by molar-refractivity contribution is 6.30. The summed E-state index contributed by atoms with van der Waals surface area (Å²) in [7, 11) is 0. The van der Waals surface area contributed by atoms with Crippen molar-refractivity contribution in [2.45, 2.75) is 58.5 Å². The predicted octanol–water partition coefficient (Wildman–Crippen LogP) is 4.65. The van der Waals surface area contributed by atoms with E-state index in [-0.39, 0.29) is 23.8 Å². The second kappa shape index (κ2) is 10.4. The van der Waals surface area contributed by atoms with Gasteiger partial charge in [-0.25, -0.2) is 0 Å². The van der Waals surface area contributed by atoms with Crippen LogP contribution in [-0.2, 0) is 22.4 Å². The lowest BCUT2D eigenvalue weighted by molar-refractivity contribution is -0.140. The second-order valence-corrected chi connectivity index (χ2v) is 8.73. The van der Waals surface area contributed by atoms with Crippen molar-refractivity contribution in [3.05, 3.63) is 70.7 Å². The van der Waals surface area contributed by atoms with Crippen molar-refractivity contribution in [1.29, 1.82) is 0 Å². The van der Waals surface area contributed by atoms with Crippen molar-refractivity contribution >= 4 is 23.4 Å². The summed E-state index contributed by atoms with van der Waals surface area (Å²) in [4.78, 5) is 27.8. The molecule has 156 valence electrons. The smallest absolute Gasteiger partial charge is 0.243 e. The molecular formula is C24H31ClN2O2. The molecule has 0 bridgehead atoms. The van der Waals surface area contributed by atoms with E-state index in [2.05, 4.69) is 5.32 Å². The van der Waals surface area contributed by atoms with Gasteiger partial charge in [-0.15, -0.1) is 0 Å². The lowest BCUT2D eigenvalue weighted by Crippen LogP contribution is -2.54. The van der Waals surface area contributed by atoms with Gasteiger partial charge in [0.2, 0.25) is 11.8 Å². The van der Waals surface area contributed by atoms with Crippen LogP contribution in [0.2, 0.25) is 5.02 Å². The Hall–Kier alpha value is -2.33. The molecule has 0 aromatic heterocycles. The number of hydrogen-bond donors (Lipinski definition) is 1. The van der Waals surface area contributed by atoms with Crippen molar-refractivity contribution in [2.24, 2.45) is 0 Å². The van der Waals surface area contributed by atoms with Gasteiger partial charge >= 0.3 is 0 Å². The molecular weight excluding hydrogens is 384 g/mol. The third-order valence-electron chi connectivity index (χ3n) is 4.64.